The van der Waals surface area contributed by atoms with Crippen molar-refractivity contribution in [3.05, 3.63) is 66.0 Å². The van der Waals surface area contributed by atoms with Crippen molar-refractivity contribution in [1.82, 2.24) is 20.2 Å². The van der Waals surface area contributed by atoms with E-state index in [0.717, 1.165) is 11.1 Å². The molecule has 0 fully saturated rings. The summed E-state index contributed by atoms with van der Waals surface area (Å²) >= 11 is 0. The van der Waals surface area contributed by atoms with Crippen LogP contribution in [0.1, 0.15) is 24.1 Å². The first-order valence-corrected chi connectivity index (χ1v) is 9.40. The van der Waals surface area contributed by atoms with E-state index in [4.69, 9.17) is 9.47 Å². The fourth-order valence-electron chi connectivity index (χ4n) is 2.89. The third kappa shape index (κ3) is 5.19. The maximum absolute atomic E-state index is 12.8. The van der Waals surface area contributed by atoms with Crippen molar-refractivity contribution in [3.63, 3.8) is 0 Å². The van der Waals surface area contributed by atoms with E-state index in [9.17, 15) is 9.59 Å². The maximum atomic E-state index is 12.8. The van der Waals surface area contributed by atoms with Crippen LogP contribution >= 0.6 is 0 Å². The van der Waals surface area contributed by atoms with Crippen molar-refractivity contribution >= 4 is 17.6 Å². The monoisotopic (exact) mass is 409 g/mol. The van der Waals surface area contributed by atoms with Crippen LogP contribution < -0.4 is 10.1 Å². The fraction of sp³-hybridized carbons (Fsp3) is 0.286. The van der Waals surface area contributed by atoms with Gasteiger partial charge in [-0.1, -0.05) is 36.4 Å². The summed E-state index contributed by atoms with van der Waals surface area (Å²) in [7, 11) is 1.52. The molecule has 0 radical (unpaired) electrons. The smallest absolute Gasteiger partial charge is 0.332 e. The number of hydrogen-bond donors (Lipinski definition) is 1. The first-order chi connectivity index (χ1) is 14.5. The fourth-order valence-corrected chi connectivity index (χ4v) is 2.89. The van der Waals surface area contributed by atoms with Gasteiger partial charge in [-0.05, 0) is 47.5 Å². The topological polar surface area (TPSA) is 108 Å². The molecule has 2 aromatic carbocycles. The molecule has 3 rings (SSSR count). The number of carbonyl (C=O) groups is 2. The molecule has 0 saturated carbocycles. The number of aryl methyl sites for hydroxylation is 1. The Hall–Kier alpha value is -3.75. The molecule has 1 aromatic heterocycles. The zero-order valence-corrected chi connectivity index (χ0v) is 17.0. The largest absolute Gasteiger partial charge is 0.495 e. The minimum absolute atomic E-state index is 0.324. The zero-order chi connectivity index (χ0) is 21.5. The minimum Gasteiger partial charge on any atom is -0.495 e. The second-order valence-corrected chi connectivity index (χ2v) is 6.77. The normalized spacial score (nSPS) is 12.6. The number of esters is 1. The second-order valence-electron chi connectivity index (χ2n) is 6.77. The second kappa shape index (κ2) is 9.64. The highest BCUT2D eigenvalue weighted by Gasteiger charge is 2.28. The Bertz CT molecular complexity index is 992. The lowest BCUT2D eigenvalue weighted by molar-refractivity contribution is -0.156. The molecule has 9 heteroatoms. The van der Waals surface area contributed by atoms with E-state index < -0.39 is 24.0 Å². The average molecular weight is 409 g/mol. The molecule has 1 amide bonds. The number of ether oxygens (including phenoxy) is 2. The van der Waals surface area contributed by atoms with Crippen LogP contribution in [0.2, 0.25) is 0 Å². The number of amides is 1. The summed E-state index contributed by atoms with van der Waals surface area (Å²) in [5.74, 6) is -0.560. The van der Waals surface area contributed by atoms with Crippen LogP contribution in [0.25, 0.3) is 0 Å². The van der Waals surface area contributed by atoms with Crippen molar-refractivity contribution in [2.24, 2.45) is 0 Å². The molecule has 0 saturated heterocycles. The Labute approximate surface area is 174 Å². The van der Waals surface area contributed by atoms with E-state index in [1.807, 2.05) is 43.3 Å². The van der Waals surface area contributed by atoms with Crippen molar-refractivity contribution < 1.29 is 19.1 Å². The highest BCUT2D eigenvalue weighted by Crippen LogP contribution is 2.25. The Kier molecular flexibility index (Phi) is 6.74. The first-order valence-electron chi connectivity index (χ1n) is 9.40. The molecule has 9 nitrogen and oxygen atoms in total. The van der Waals surface area contributed by atoms with Gasteiger partial charge in [-0.25, -0.2) is 9.48 Å². The standard InChI is InChI=1S/C21H23N5O4/c1-14-9-10-19(29-3)17(11-14)23-20(27)15(2)30-21(28)18(26-13-22-24-25-26)12-16-7-5-4-6-8-16/h4-11,13,15,18H,12H2,1-3H3,(H,23,27)/t15-,18+/m0/s1. The van der Waals surface area contributed by atoms with Crippen molar-refractivity contribution in [3.8, 4) is 5.75 Å². The van der Waals surface area contributed by atoms with Crippen LogP contribution in [0.15, 0.2) is 54.9 Å². The Morgan fingerprint density at radius 3 is 2.60 bits per heavy atom. The molecule has 0 bridgehead atoms. The lowest BCUT2D eigenvalue weighted by Crippen LogP contribution is -2.34. The van der Waals surface area contributed by atoms with E-state index in [2.05, 4.69) is 20.8 Å². The van der Waals surface area contributed by atoms with E-state index in [1.165, 1.54) is 25.0 Å². The van der Waals surface area contributed by atoms with Crippen LogP contribution in [-0.2, 0) is 20.7 Å². The molecule has 0 spiro atoms. The molecular formula is C21H23N5O4. The van der Waals surface area contributed by atoms with Gasteiger partial charge in [-0.2, -0.15) is 0 Å². The molecule has 156 valence electrons. The van der Waals surface area contributed by atoms with Crippen LogP contribution in [0.3, 0.4) is 0 Å². The van der Waals surface area contributed by atoms with Crippen LogP contribution in [0.5, 0.6) is 5.75 Å². The third-order valence-corrected chi connectivity index (χ3v) is 4.50. The first kappa shape index (κ1) is 21.0. The van der Waals surface area contributed by atoms with Gasteiger partial charge in [0.15, 0.2) is 12.1 Å². The quantitative estimate of drug-likeness (QED) is 0.569. The molecule has 1 heterocycles. The number of nitrogens with zero attached hydrogens (tertiary/aromatic N) is 4. The van der Waals surface area contributed by atoms with Crippen molar-refractivity contribution in [2.75, 3.05) is 12.4 Å². The number of tetrazole rings is 1. The molecular weight excluding hydrogens is 386 g/mol. The van der Waals surface area contributed by atoms with E-state index in [-0.39, 0.29) is 0 Å². The lowest BCUT2D eigenvalue weighted by Gasteiger charge is -2.19. The number of nitrogens with one attached hydrogen (secondary N) is 1. The van der Waals surface area contributed by atoms with Crippen LogP contribution in [0.4, 0.5) is 5.69 Å². The van der Waals surface area contributed by atoms with E-state index >= 15 is 0 Å². The van der Waals surface area contributed by atoms with E-state index in [1.54, 1.807) is 12.1 Å². The summed E-state index contributed by atoms with van der Waals surface area (Å²) in [6.07, 6.45) is 0.639. The average Bonchev–Trinajstić information content (AvgIpc) is 3.27. The summed E-state index contributed by atoms with van der Waals surface area (Å²) in [6, 6.07) is 14.0. The summed E-state index contributed by atoms with van der Waals surface area (Å²) in [4.78, 5) is 25.5. The SMILES string of the molecule is COc1ccc(C)cc1NC(=O)[C@H](C)OC(=O)[C@@H](Cc1ccccc1)n1cnnn1. The number of rotatable bonds is 8. The zero-order valence-electron chi connectivity index (χ0n) is 17.0. The Morgan fingerprint density at radius 2 is 1.93 bits per heavy atom. The molecule has 1 N–H and O–H groups in total. The maximum Gasteiger partial charge on any atom is 0.332 e. The molecule has 0 aliphatic carbocycles. The number of carbonyl (C=O) groups excluding carboxylic acids is 2. The van der Waals surface area contributed by atoms with E-state index in [0.29, 0.717) is 17.9 Å². The summed E-state index contributed by atoms with van der Waals surface area (Å²) in [5.41, 5.74) is 2.38. The number of aromatic nitrogens is 4. The van der Waals surface area contributed by atoms with Crippen LogP contribution in [-0.4, -0.2) is 45.3 Å². The Morgan fingerprint density at radius 1 is 1.17 bits per heavy atom. The van der Waals surface area contributed by atoms with Gasteiger partial charge in [-0.15, -0.1) is 5.10 Å². The number of methoxy groups -OCH3 is 1. The number of anilines is 1. The number of hydrogen-bond acceptors (Lipinski definition) is 7. The minimum atomic E-state index is -1.03. The van der Waals surface area contributed by atoms with Gasteiger partial charge < -0.3 is 14.8 Å². The predicted octanol–water partition coefficient (Wildman–Crippen LogP) is 2.34. The highest BCUT2D eigenvalue weighted by atomic mass is 16.5. The lowest BCUT2D eigenvalue weighted by atomic mass is 10.1. The molecule has 0 unspecified atom stereocenters. The van der Waals surface area contributed by atoms with Gasteiger partial charge in [0.05, 0.1) is 12.8 Å². The summed E-state index contributed by atoms with van der Waals surface area (Å²) < 4.78 is 12.0. The third-order valence-electron chi connectivity index (χ3n) is 4.50. The predicted molar refractivity (Wildman–Crippen MR) is 109 cm³/mol. The molecule has 30 heavy (non-hydrogen) atoms. The highest BCUT2D eigenvalue weighted by molar-refractivity contribution is 5.96. The van der Waals surface area contributed by atoms with Gasteiger partial charge in [0.1, 0.15) is 12.1 Å². The van der Waals surface area contributed by atoms with Gasteiger partial charge in [0.2, 0.25) is 0 Å². The van der Waals surface area contributed by atoms with Gasteiger partial charge in [0, 0.05) is 6.42 Å². The van der Waals surface area contributed by atoms with Crippen LogP contribution in [0, 0.1) is 6.92 Å². The van der Waals surface area contributed by atoms with Gasteiger partial charge >= 0.3 is 5.97 Å². The molecule has 0 aliphatic heterocycles. The Balaban J connectivity index is 1.70. The molecule has 3 aromatic rings. The number of benzene rings is 2. The molecule has 2 atom stereocenters. The summed E-state index contributed by atoms with van der Waals surface area (Å²) in [5, 5.41) is 13.8. The van der Waals surface area contributed by atoms with Crippen molar-refractivity contribution in [1.29, 1.82) is 0 Å². The van der Waals surface area contributed by atoms with Gasteiger partial charge in [-0.3, -0.25) is 4.79 Å². The molecule has 0 aliphatic rings. The van der Waals surface area contributed by atoms with Gasteiger partial charge in [0.25, 0.3) is 5.91 Å². The summed E-state index contributed by atoms with van der Waals surface area (Å²) in [6.45, 7) is 3.41. The van der Waals surface area contributed by atoms with Crippen molar-refractivity contribution in [2.45, 2.75) is 32.4 Å².